The van der Waals surface area contributed by atoms with Crippen molar-refractivity contribution in [1.29, 1.82) is 5.26 Å². The first kappa shape index (κ1) is 9.85. The molecule has 0 fully saturated rings. The Kier molecular flexibility index (Phi) is 2.26. The van der Waals surface area contributed by atoms with E-state index in [4.69, 9.17) is 5.26 Å². The molecule has 84 valence electrons. The zero-order valence-electron chi connectivity index (χ0n) is 9.22. The van der Waals surface area contributed by atoms with Crippen molar-refractivity contribution in [2.45, 2.75) is 12.8 Å². The summed E-state index contributed by atoms with van der Waals surface area (Å²) in [6, 6.07) is 2.10. The van der Waals surface area contributed by atoms with Gasteiger partial charge in [0, 0.05) is 18.3 Å². The molecule has 0 aliphatic carbocycles. The van der Waals surface area contributed by atoms with Crippen molar-refractivity contribution in [3.63, 3.8) is 0 Å². The number of amidine groups is 2. The van der Waals surface area contributed by atoms with Gasteiger partial charge in [-0.3, -0.25) is 4.90 Å². The van der Waals surface area contributed by atoms with Crippen LogP contribution in [0.1, 0.15) is 12.8 Å². The standard InChI is InChI=1S/C12H11N5/c13-8-11-15-12-9(4-3-6-14-16-12)10-5-1-2-7-17(10)11/h1-2,5,7,14H,3-4,6H2. The SMILES string of the molecule is N#CC1=NC2=NNCCCC2=C2C=CC=CN12. The van der Waals surface area contributed by atoms with E-state index < -0.39 is 0 Å². The van der Waals surface area contributed by atoms with Crippen molar-refractivity contribution < 1.29 is 0 Å². The molecule has 5 heteroatoms. The fourth-order valence-electron chi connectivity index (χ4n) is 2.10. The van der Waals surface area contributed by atoms with Gasteiger partial charge in [0.05, 0.1) is 5.70 Å². The number of hydrazone groups is 1. The highest BCUT2D eigenvalue weighted by Crippen LogP contribution is 2.27. The molecule has 0 spiro atoms. The molecule has 0 aromatic carbocycles. The molecule has 0 amide bonds. The molecule has 3 aliphatic heterocycles. The van der Waals surface area contributed by atoms with Crippen LogP contribution < -0.4 is 5.43 Å². The molecule has 0 bridgehead atoms. The lowest BCUT2D eigenvalue weighted by Crippen LogP contribution is -2.31. The van der Waals surface area contributed by atoms with E-state index in [1.54, 1.807) is 0 Å². The van der Waals surface area contributed by atoms with Crippen molar-refractivity contribution >= 4 is 11.7 Å². The number of nitriles is 1. The van der Waals surface area contributed by atoms with Gasteiger partial charge in [0.25, 0.3) is 0 Å². The summed E-state index contributed by atoms with van der Waals surface area (Å²) in [5.74, 6) is 1.01. The lowest BCUT2D eigenvalue weighted by Gasteiger charge is -2.27. The quantitative estimate of drug-likeness (QED) is 0.675. The van der Waals surface area contributed by atoms with Crippen LogP contribution in [0.4, 0.5) is 0 Å². The van der Waals surface area contributed by atoms with Gasteiger partial charge in [0.2, 0.25) is 5.84 Å². The molecule has 17 heavy (non-hydrogen) atoms. The fraction of sp³-hybridized carbons (Fsp3) is 0.250. The molecule has 5 nitrogen and oxygen atoms in total. The number of hydrogen-bond donors (Lipinski definition) is 1. The van der Waals surface area contributed by atoms with E-state index in [1.807, 2.05) is 29.3 Å². The summed E-state index contributed by atoms with van der Waals surface area (Å²) < 4.78 is 0. The highest BCUT2D eigenvalue weighted by atomic mass is 15.3. The molecule has 3 heterocycles. The maximum absolute atomic E-state index is 9.11. The third-order valence-corrected chi connectivity index (χ3v) is 2.88. The van der Waals surface area contributed by atoms with Crippen LogP contribution in [0.25, 0.3) is 0 Å². The first-order chi connectivity index (χ1) is 8.40. The number of nitrogens with zero attached hydrogens (tertiary/aromatic N) is 4. The molecule has 3 rings (SSSR count). The Morgan fingerprint density at radius 1 is 1.41 bits per heavy atom. The van der Waals surface area contributed by atoms with E-state index >= 15 is 0 Å². The number of allylic oxidation sites excluding steroid dienone is 3. The summed E-state index contributed by atoms with van der Waals surface area (Å²) in [4.78, 5) is 6.11. The Balaban J connectivity index is 2.15. The van der Waals surface area contributed by atoms with Crippen LogP contribution in [0.15, 0.2) is 45.8 Å². The van der Waals surface area contributed by atoms with Crippen LogP contribution in [0.5, 0.6) is 0 Å². The Labute approximate surface area is 99.1 Å². The molecule has 0 aromatic rings. The normalized spacial score (nSPS) is 21.7. The summed E-state index contributed by atoms with van der Waals surface area (Å²) in [5, 5.41) is 13.3. The van der Waals surface area contributed by atoms with E-state index in [1.165, 1.54) is 0 Å². The van der Waals surface area contributed by atoms with Crippen molar-refractivity contribution in [2.24, 2.45) is 10.1 Å². The fourth-order valence-corrected chi connectivity index (χ4v) is 2.10. The van der Waals surface area contributed by atoms with E-state index in [0.29, 0.717) is 11.7 Å². The zero-order chi connectivity index (χ0) is 11.7. The first-order valence-corrected chi connectivity index (χ1v) is 5.57. The van der Waals surface area contributed by atoms with Crippen molar-refractivity contribution in [3.8, 4) is 6.07 Å². The van der Waals surface area contributed by atoms with Gasteiger partial charge in [0.15, 0.2) is 5.84 Å². The van der Waals surface area contributed by atoms with Gasteiger partial charge in [-0.25, -0.2) is 0 Å². The van der Waals surface area contributed by atoms with Crippen molar-refractivity contribution in [2.75, 3.05) is 6.54 Å². The van der Waals surface area contributed by atoms with Gasteiger partial charge in [-0.15, -0.1) is 0 Å². The molecule has 0 unspecified atom stereocenters. The van der Waals surface area contributed by atoms with Gasteiger partial charge >= 0.3 is 0 Å². The molecule has 1 N–H and O–H groups in total. The summed E-state index contributed by atoms with van der Waals surface area (Å²) in [6.07, 6.45) is 9.68. The second-order valence-corrected chi connectivity index (χ2v) is 3.93. The maximum atomic E-state index is 9.11. The topological polar surface area (TPSA) is 63.8 Å². The number of rotatable bonds is 0. The lowest BCUT2D eigenvalue weighted by molar-refractivity contribution is 0.679. The first-order valence-electron chi connectivity index (χ1n) is 5.57. The van der Waals surface area contributed by atoms with Crippen LogP contribution in [-0.4, -0.2) is 23.1 Å². The minimum Gasteiger partial charge on any atom is -0.308 e. The van der Waals surface area contributed by atoms with Gasteiger partial charge < -0.3 is 5.43 Å². The monoisotopic (exact) mass is 225 g/mol. The molecule has 3 aliphatic rings. The number of aliphatic imine (C=N–C) groups is 1. The van der Waals surface area contributed by atoms with Crippen LogP contribution in [-0.2, 0) is 0 Å². The van der Waals surface area contributed by atoms with Crippen LogP contribution in [0.2, 0.25) is 0 Å². The summed E-state index contributed by atoms with van der Waals surface area (Å²) in [5.41, 5.74) is 5.08. The lowest BCUT2D eigenvalue weighted by atomic mass is 10.0. The Morgan fingerprint density at radius 2 is 2.35 bits per heavy atom. The second kappa shape index (κ2) is 3.91. The van der Waals surface area contributed by atoms with Crippen LogP contribution in [0, 0.1) is 11.3 Å². The Hall–Kier alpha value is -2.35. The minimum atomic E-state index is 0.367. The van der Waals surface area contributed by atoms with E-state index in [0.717, 1.165) is 30.7 Å². The molecular weight excluding hydrogens is 214 g/mol. The third-order valence-electron chi connectivity index (χ3n) is 2.88. The van der Waals surface area contributed by atoms with Crippen LogP contribution in [0.3, 0.4) is 0 Å². The number of fused-ring (bicyclic) bond motifs is 2. The largest absolute Gasteiger partial charge is 0.308 e. The van der Waals surface area contributed by atoms with Crippen molar-refractivity contribution in [3.05, 3.63) is 35.7 Å². The van der Waals surface area contributed by atoms with Gasteiger partial charge in [-0.2, -0.15) is 15.4 Å². The molecule has 0 atom stereocenters. The molecule has 0 aromatic heterocycles. The maximum Gasteiger partial charge on any atom is 0.219 e. The van der Waals surface area contributed by atoms with E-state index in [9.17, 15) is 0 Å². The number of hydrogen-bond acceptors (Lipinski definition) is 5. The van der Waals surface area contributed by atoms with Crippen LogP contribution >= 0.6 is 0 Å². The van der Waals surface area contributed by atoms with Gasteiger partial charge in [-0.05, 0) is 25.0 Å². The highest BCUT2D eigenvalue weighted by molar-refractivity contribution is 6.14. The second-order valence-electron chi connectivity index (χ2n) is 3.93. The minimum absolute atomic E-state index is 0.367. The zero-order valence-corrected chi connectivity index (χ0v) is 9.22. The van der Waals surface area contributed by atoms with Gasteiger partial charge in [0.1, 0.15) is 6.07 Å². The van der Waals surface area contributed by atoms with E-state index in [2.05, 4.69) is 21.6 Å². The summed E-state index contributed by atoms with van der Waals surface area (Å²) >= 11 is 0. The van der Waals surface area contributed by atoms with E-state index in [-0.39, 0.29) is 0 Å². The smallest absolute Gasteiger partial charge is 0.219 e. The highest BCUT2D eigenvalue weighted by Gasteiger charge is 2.26. The molecule has 0 saturated carbocycles. The number of nitrogens with one attached hydrogen (secondary N) is 1. The molecule has 0 saturated heterocycles. The average Bonchev–Trinajstić information content (AvgIpc) is 2.63. The third kappa shape index (κ3) is 1.54. The average molecular weight is 225 g/mol. The summed E-state index contributed by atoms with van der Waals surface area (Å²) in [6.45, 7) is 0.844. The van der Waals surface area contributed by atoms with Crippen molar-refractivity contribution in [1.82, 2.24) is 10.3 Å². The summed E-state index contributed by atoms with van der Waals surface area (Å²) in [7, 11) is 0. The Morgan fingerprint density at radius 3 is 3.24 bits per heavy atom. The predicted molar refractivity (Wildman–Crippen MR) is 64.9 cm³/mol. The predicted octanol–water partition coefficient (Wildman–Crippen LogP) is 1.26. The Bertz CT molecular complexity index is 542. The molecular formula is C12H11N5. The molecule has 0 radical (unpaired) electrons. The van der Waals surface area contributed by atoms with Gasteiger partial charge in [-0.1, -0.05) is 6.08 Å².